The lowest BCUT2D eigenvalue weighted by Crippen LogP contribution is -2.35. The molecule has 168 valence electrons. The molecule has 0 N–H and O–H groups in total. The number of rotatable bonds is 4. The summed E-state index contributed by atoms with van der Waals surface area (Å²) in [5.41, 5.74) is 2.00. The van der Waals surface area contributed by atoms with E-state index in [9.17, 15) is 13.7 Å². The van der Waals surface area contributed by atoms with E-state index in [0.29, 0.717) is 30.7 Å². The zero-order valence-corrected chi connectivity index (χ0v) is 19.7. The van der Waals surface area contributed by atoms with Gasteiger partial charge in [-0.1, -0.05) is 53.7 Å². The topological polar surface area (TPSA) is 79.6 Å². The first-order chi connectivity index (χ1) is 16.0. The van der Waals surface area contributed by atoms with Gasteiger partial charge in [-0.2, -0.15) is 5.26 Å². The number of aryl methyl sites for hydroxylation is 1. The highest BCUT2D eigenvalue weighted by Crippen LogP contribution is 2.56. The average molecular weight is 479 g/mol. The fraction of sp³-hybridized carbons (Fsp3) is 0.240. The van der Waals surface area contributed by atoms with E-state index in [0.717, 1.165) is 21.8 Å². The summed E-state index contributed by atoms with van der Waals surface area (Å²) in [7, 11) is -4.02. The van der Waals surface area contributed by atoms with E-state index in [2.05, 4.69) is 6.58 Å². The fourth-order valence-corrected chi connectivity index (χ4v) is 7.36. The van der Waals surface area contributed by atoms with E-state index in [4.69, 9.17) is 9.47 Å². The minimum atomic E-state index is -4.02. The van der Waals surface area contributed by atoms with Crippen molar-refractivity contribution in [2.75, 3.05) is 19.8 Å². The van der Waals surface area contributed by atoms with Gasteiger partial charge in [-0.25, -0.2) is 8.42 Å². The zero-order chi connectivity index (χ0) is 23.2. The first kappa shape index (κ1) is 21.7. The number of fused-ring (bicyclic) bond motifs is 4. The van der Waals surface area contributed by atoms with Gasteiger partial charge in [0.1, 0.15) is 16.8 Å². The highest BCUT2D eigenvalue weighted by Gasteiger charge is 2.46. The van der Waals surface area contributed by atoms with Crippen LogP contribution in [0, 0.1) is 24.2 Å². The molecule has 8 heteroatoms. The van der Waals surface area contributed by atoms with Gasteiger partial charge in [-0.3, -0.25) is 0 Å². The van der Waals surface area contributed by atoms with Crippen molar-refractivity contribution in [2.45, 2.75) is 17.7 Å². The molecule has 0 aromatic heterocycles. The summed E-state index contributed by atoms with van der Waals surface area (Å²) in [6.07, 6.45) is 1.68. The number of thioether (sulfide) groups is 1. The Hall–Kier alpha value is -3.15. The third-order valence-corrected chi connectivity index (χ3v) is 9.12. The van der Waals surface area contributed by atoms with Gasteiger partial charge in [0.25, 0.3) is 0 Å². The summed E-state index contributed by atoms with van der Waals surface area (Å²) in [6.45, 7) is 7.01. The van der Waals surface area contributed by atoms with Crippen LogP contribution in [0.25, 0.3) is 0 Å². The molecule has 2 aromatic rings. The van der Waals surface area contributed by atoms with Crippen molar-refractivity contribution >= 4 is 21.6 Å². The van der Waals surface area contributed by atoms with Crippen molar-refractivity contribution in [1.29, 1.82) is 5.26 Å². The van der Waals surface area contributed by atoms with Crippen LogP contribution in [0.4, 0.5) is 0 Å². The van der Waals surface area contributed by atoms with E-state index < -0.39 is 9.84 Å². The molecule has 6 nitrogen and oxygen atoms in total. The molecular formula is C25H22N2O4S2. The van der Waals surface area contributed by atoms with Crippen LogP contribution in [0.1, 0.15) is 17.0 Å². The van der Waals surface area contributed by atoms with E-state index >= 15 is 0 Å². The number of benzene rings is 2. The van der Waals surface area contributed by atoms with Crippen LogP contribution < -0.4 is 4.74 Å². The van der Waals surface area contributed by atoms with Crippen LogP contribution in [-0.2, 0) is 14.6 Å². The molecule has 0 spiro atoms. The summed E-state index contributed by atoms with van der Waals surface area (Å²) >= 11 is 1.30. The molecule has 2 unspecified atom stereocenters. The van der Waals surface area contributed by atoms with Crippen molar-refractivity contribution < 1.29 is 17.9 Å². The number of hydrogen-bond donors (Lipinski definition) is 0. The van der Waals surface area contributed by atoms with Crippen LogP contribution >= 0.6 is 11.8 Å². The Bertz CT molecular complexity index is 1340. The van der Waals surface area contributed by atoms with Gasteiger partial charge < -0.3 is 14.4 Å². The SMILES string of the molecule is C=CCN1C2=C(S/C1=C(\C#N)S(=O)(=O)c1ccc(C)cc1)C1c3ccccc3OCC1CO2. The molecule has 0 bridgehead atoms. The van der Waals surface area contributed by atoms with E-state index in [-0.39, 0.29) is 21.6 Å². The molecular weight excluding hydrogens is 456 g/mol. The van der Waals surface area contributed by atoms with Gasteiger partial charge >= 0.3 is 0 Å². The highest BCUT2D eigenvalue weighted by atomic mass is 32.2. The largest absolute Gasteiger partial charge is 0.493 e. The Labute approximate surface area is 197 Å². The van der Waals surface area contributed by atoms with Crippen molar-refractivity contribution in [2.24, 2.45) is 5.92 Å². The van der Waals surface area contributed by atoms with Gasteiger partial charge in [0.2, 0.25) is 15.7 Å². The molecule has 0 saturated heterocycles. The van der Waals surface area contributed by atoms with Gasteiger partial charge in [-0.15, -0.1) is 6.58 Å². The molecule has 5 rings (SSSR count). The zero-order valence-electron chi connectivity index (χ0n) is 18.0. The minimum Gasteiger partial charge on any atom is -0.493 e. The molecule has 0 radical (unpaired) electrons. The van der Waals surface area contributed by atoms with Crippen LogP contribution in [0.5, 0.6) is 5.75 Å². The van der Waals surface area contributed by atoms with E-state index in [1.807, 2.05) is 37.3 Å². The van der Waals surface area contributed by atoms with Crippen molar-refractivity contribution in [1.82, 2.24) is 4.90 Å². The third kappa shape index (κ3) is 3.52. The van der Waals surface area contributed by atoms with Crippen molar-refractivity contribution in [3.8, 4) is 11.8 Å². The number of ether oxygens (including phenoxy) is 2. The molecule has 3 aliphatic heterocycles. The van der Waals surface area contributed by atoms with Crippen LogP contribution in [0.3, 0.4) is 0 Å². The average Bonchev–Trinajstić information content (AvgIpc) is 3.17. The lowest BCUT2D eigenvalue weighted by molar-refractivity contribution is 0.0545. The monoisotopic (exact) mass is 478 g/mol. The number of allylic oxidation sites excluding steroid dienone is 2. The minimum absolute atomic E-state index is 0.00976. The first-order valence-electron chi connectivity index (χ1n) is 10.6. The number of nitriles is 1. The summed E-state index contributed by atoms with van der Waals surface area (Å²) in [5.74, 6) is 1.54. The van der Waals surface area contributed by atoms with E-state index in [1.165, 1.54) is 23.9 Å². The Kier molecular flexibility index (Phi) is 5.47. The second-order valence-corrected chi connectivity index (χ2v) is 11.0. The molecule has 0 amide bonds. The van der Waals surface area contributed by atoms with Crippen molar-refractivity contribution in [3.05, 3.63) is 93.0 Å². The Morgan fingerprint density at radius 3 is 2.67 bits per heavy atom. The Morgan fingerprint density at radius 2 is 1.94 bits per heavy atom. The summed E-state index contributed by atoms with van der Waals surface area (Å²) in [6, 6.07) is 16.4. The fourth-order valence-electron chi connectivity index (χ4n) is 4.40. The number of hydrogen-bond acceptors (Lipinski definition) is 7. The predicted molar refractivity (Wildman–Crippen MR) is 127 cm³/mol. The van der Waals surface area contributed by atoms with Gasteiger partial charge in [0, 0.05) is 23.9 Å². The molecule has 2 aromatic carbocycles. The third-order valence-electron chi connectivity index (χ3n) is 6.01. The quantitative estimate of drug-likeness (QED) is 0.466. The van der Waals surface area contributed by atoms with Crippen LogP contribution in [0.15, 0.2) is 86.8 Å². The Balaban J connectivity index is 1.64. The predicted octanol–water partition coefficient (Wildman–Crippen LogP) is 4.69. The maximum Gasteiger partial charge on any atom is 0.219 e. The molecule has 0 fully saturated rings. The van der Waals surface area contributed by atoms with Crippen molar-refractivity contribution in [3.63, 3.8) is 0 Å². The number of para-hydroxylation sites is 1. The second kappa shape index (κ2) is 8.32. The number of nitrogens with zero attached hydrogens (tertiary/aromatic N) is 2. The van der Waals surface area contributed by atoms with Gasteiger partial charge in [-0.05, 0) is 25.1 Å². The maximum atomic E-state index is 13.5. The summed E-state index contributed by atoms with van der Waals surface area (Å²) < 4.78 is 39.0. The van der Waals surface area contributed by atoms with Gasteiger partial charge in [0.15, 0.2) is 4.91 Å². The second-order valence-electron chi connectivity index (χ2n) is 8.13. The number of sulfone groups is 1. The summed E-state index contributed by atoms with van der Waals surface area (Å²) in [4.78, 5) is 2.47. The molecule has 3 heterocycles. The van der Waals surface area contributed by atoms with Gasteiger partial charge in [0.05, 0.1) is 23.0 Å². The molecule has 3 aliphatic rings. The smallest absolute Gasteiger partial charge is 0.219 e. The molecule has 2 atom stereocenters. The van der Waals surface area contributed by atoms with E-state index in [1.54, 1.807) is 23.1 Å². The normalized spacial score (nSPS) is 22.8. The maximum absolute atomic E-state index is 13.5. The summed E-state index contributed by atoms with van der Waals surface area (Å²) in [5, 5.41) is 10.4. The lowest BCUT2D eigenvalue weighted by Gasteiger charge is -2.37. The molecule has 0 saturated carbocycles. The lowest BCUT2D eigenvalue weighted by atomic mass is 9.83. The highest BCUT2D eigenvalue weighted by molar-refractivity contribution is 8.08. The standard InChI is InChI=1S/C25H22N2O4S2/c1-3-12-27-24-23(22-17(15-31-24)14-30-20-7-5-4-6-19(20)22)32-25(27)21(13-26)33(28,29)18-10-8-16(2)9-11-18/h3-11,17,22H,1,12,14-15H2,2H3/b25-21+. The first-order valence-corrected chi connectivity index (χ1v) is 12.9. The van der Waals surface area contributed by atoms with Crippen LogP contribution in [-0.4, -0.2) is 33.1 Å². The Morgan fingerprint density at radius 1 is 1.21 bits per heavy atom. The molecule has 0 aliphatic carbocycles. The van der Waals surface area contributed by atoms with Crippen LogP contribution in [0.2, 0.25) is 0 Å². The molecule has 33 heavy (non-hydrogen) atoms.